The Morgan fingerprint density at radius 2 is 1.72 bits per heavy atom. The number of carbonyl (C=O) groups excluding carboxylic acids is 1. The van der Waals surface area contributed by atoms with Crippen molar-refractivity contribution in [3.8, 4) is 17.0 Å². The number of benzene rings is 2. The zero-order valence-electron chi connectivity index (χ0n) is 24.3. The van der Waals surface area contributed by atoms with Crippen molar-refractivity contribution >= 4 is 34.6 Å². The van der Waals surface area contributed by atoms with Gasteiger partial charge >= 0.3 is 6.18 Å². The second kappa shape index (κ2) is 18.9. The lowest BCUT2D eigenvalue weighted by Gasteiger charge is -2.14. The molecule has 0 aliphatic heterocycles. The Kier molecular flexibility index (Phi) is 16.1. The third kappa shape index (κ3) is 11.8. The van der Waals surface area contributed by atoms with Crippen molar-refractivity contribution < 1.29 is 31.3 Å². The maximum atomic E-state index is 13.3. The third-order valence-electron chi connectivity index (χ3n) is 4.82. The van der Waals surface area contributed by atoms with Gasteiger partial charge in [-0.05, 0) is 36.9 Å². The van der Waals surface area contributed by atoms with Gasteiger partial charge in [0.1, 0.15) is 40.7 Å². The molecular weight excluding hydrogens is 590 g/mol. The maximum Gasteiger partial charge on any atom is 0.402 e. The third-order valence-corrected chi connectivity index (χ3v) is 5.87. The van der Waals surface area contributed by atoms with E-state index in [1.165, 1.54) is 68.1 Å². The van der Waals surface area contributed by atoms with Crippen molar-refractivity contribution in [1.82, 2.24) is 20.2 Å². The highest BCUT2D eigenvalue weighted by atomic mass is 32.2. The Labute approximate surface area is 250 Å². The predicted octanol–water partition coefficient (Wildman–Crippen LogP) is 6.41. The van der Waals surface area contributed by atoms with Gasteiger partial charge < -0.3 is 20.5 Å². The van der Waals surface area contributed by atoms with E-state index in [0.29, 0.717) is 23.2 Å². The number of anilines is 3. The number of nitrogens with two attached hydrogens (primary N) is 1. The first-order chi connectivity index (χ1) is 20.7. The molecule has 4 rings (SSSR count). The minimum Gasteiger partial charge on any atom is -0.488 e. The van der Waals surface area contributed by atoms with Crippen molar-refractivity contribution in [2.45, 2.75) is 40.5 Å². The van der Waals surface area contributed by atoms with Crippen LogP contribution in [0.2, 0.25) is 0 Å². The number of aromatic nitrogens is 4. The first-order valence-electron chi connectivity index (χ1n) is 13.1. The summed E-state index contributed by atoms with van der Waals surface area (Å²) in [5, 5.41) is 9.74. The van der Waals surface area contributed by atoms with Crippen LogP contribution in [0.3, 0.4) is 0 Å². The van der Waals surface area contributed by atoms with Gasteiger partial charge in [-0.3, -0.25) is 14.9 Å². The van der Waals surface area contributed by atoms with Gasteiger partial charge in [-0.25, -0.2) is 13.6 Å². The summed E-state index contributed by atoms with van der Waals surface area (Å²) in [5.74, 6) is -1.35. The van der Waals surface area contributed by atoms with Gasteiger partial charge in [0.2, 0.25) is 0 Å². The Hall–Kier alpha value is -4.37. The minimum absolute atomic E-state index is 0.0301. The number of aromatic amines is 1. The average Bonchev–Trinajstić information content (AvgIpc) is 3.41. The van der Waals surface area contributed by atoms with Crippen molar-refractivity contribution in [2.24, 2.45) is 5.73 Å². The molecule has 1 atom stereocenters. The second-order valence-corrected chi connectivity index (χ2v) is 8.71. The molecule has 0 saturated carbocycles. The number of nitrogens with zero attached hydrogens (tertiary/aromatic N) is 3. The summed E-state index contributed by atoms with van der Waals surface area (Å²) in [6.45, 7) is 7.97. The highest BCUT2D eigenvalue weighted by Crippen LogP contribution is 2.36. The highest BCUT2D eigenvalue weighted by Gasteiger charge is 2.30. The number of halogens is 4. The molecule has 5 N–H and O–H groups in total. The normalized spacial score (nSPS) is 10.8. The van der Waals surface area contributed by atoms with E-state index < -0.39 is 28.7 Å². The summed E-state index contributed by atoms with van der Waals surface area (Å²) in [6, 6.07) is 9.72. The van der Waals surface area contributed by atoms with Gasteiger partial charge in [-0.2, -0.15) is 18.3 Å². The molecule has 0 amide bonds. The zero-order chi connectivity index (χ0) is 32.4. The van der Waals surface area contributed by atoms with E-state index in [2.05, 4.69) is 35.9 Å². The summed E-state index contributed by atoms with van der Waals surface area (Å²) in [7, 11) is -0.938. The quantitative estimate of drug-likeness (QED) is 0.117. The SMILES string of the molecule is CC.CC.CN.O=Cc1c(Nc2cnccn2)n[nH]c1-c1ccc(NS(=O)CC(F)(F)F)cc1OCc1ccc(F)cc1. The molecule has 0 radical (unpaired) electrons. The molecule has 15 heteroatoms. The molecule has 2 aromatic heterocycles. The molecule has 0 fully saturated rings. The number of rotatable bonds is 10. The van der Waals surface area contributed by atoms with Crippen LogP contribution >= 0.6 is 0 Å². The molecule has 43 heavy (non-hydrogen) atoms. The van der Waals surface area contributed by atoms with Gasteiger partial charge in [-0.15, -0.1) is 0 Å². The maximum absolute atomic E-state index is 13.3. The number of ether oxygens (including phenoxy) is 1. The van der Waals surface area contributed by atoms with Gasteiger partial charge in [0.15, 0.2) is 12.1 Å². The Morgan fingerprint density at radius 1 is 1.05 bits per heavy atom. The number of carbonyl (C=O) groups is 1. The number of hydrogen-bond donors (Lipinski definition) is 4. The van der Waals surface area contributed by atoms with Gasteiger partial charge in [0.25, 0.3) is 0 Å². The Balaban J connectivity index is 0.00000145. The lowest BCUT2D eigenvalue weighted by molar-refractivity contribution is -0.105. The van der Waals surface area contributed by atoms with Gasteiger partial charge in [0.05, 0.1) is 17.5 Å². The van der Waals surface area contributed by atoms with Crippen LogP contribution in [0.25, 0.3) is 11.3 Å². The van der Waals surface area contributed by atoms with Gasteiger partial charge in [-0.1, -0.05) is 39.8 Å². The predicted molar refractivity (Wildman–Crippen MR) is 161 cm³/mol. The van der Waals surface area contributed by atoms with Crippen LogP contribution in [0.1, 0.15) is 43.6 Å². The number of aldehydes is 1. The molecule has 0 aliphatic rings. The standard InChI is InChI=1S/C23H18F4N6O3S.2C2H6.CH5N/c24-15-3-1-14(2-4-15)12-36-19-9-16(33-37(35)13-23(25,26)27)5-6-17(19)21-18(11-34)22(32-31-21)30-20-10-28-7-8-29-20;3*1-2/h1-11,33H,12-13H2,(H2,29,30,31,32);2*1-2H3;2H2,1H3. The van der Waals surface area contributed by atoms with Crippen LogP contribution in [-0.4, -0.2) is 49.6 Å². The van der Waals surface area contributed by atoms with E-state index in [9.17, 15) is 26.6 Å². The molecule has 234 valence electrons. The molecule has 0 spiro atoms. The fraction of sp³-hybridized carbons (Fsp3) is 0.286. The van der Waals surface area contributed by atoms with Crippen LogP contribution in [-0.2, 0) is 17.6 Å². The van der Waals surface area contributed by atoms with Crippen LogP contribution in [0, 0.1) is 5.82 Å². The largest absolute Gasteiger partial charge is 0.488 e. The molecule has 10 nitrogen and oxygen atoms in total. The van der Waals surface area contributed by atoms with Crippen molar-refractivity contribution in [3.63, 3.8) is 0 Å². The molecule has 2 aromatic carbocycles. The summed E-state index contributed by atoms with van der Waals surface area (Å²) < 4.78 is 71.2. The zero-order valence-corrected chi connectivity index (χ0v) is 25.1. The molecule has 0 bridgehead atoms. The van der Waals surface area contributed by atoms with E-state index in [1.54, 1.807) is 0 Å². The number of hydrogen-bond acceptors (Lipinski definition) is 8. The second-order valence-electron chi connectivity index (χ2n) is 7.53. The topological polar surface area (TPSA) is 148 Å². The number of nitrogens with one attached hydrogen (secondary N) is 3. The number of alkyl halides is 3. The fourth-order valence-electron chi connectivity index (χ4n) is 3.22. The summed E-state index contributed by atoms with van der Waals surface area (Å²) in [4.78, 5) is 20.0. The van der Waals surface area contributed by atoms with Crippen molar-refractivity contribution in [1.29, 1.82) is 0 Å². The molecular formula is C28H35F4N7O3S. The van der Waals surface area contributed by atoms with E-state index in [4.69, 9.17) is 4.74 Å². The lowest BCUT2D eigenvalue weighted by atomic mass is 10.1. The van der Waals surface area contributed by atoms with E-state index in [-0.39, 0.29) is 35.1 Å². The lowest BCUT2D eigenvalue weighted by Crippen LogP contribution is -2.22. The Morgan fingerprint density at radius 3 is 2.30 bits per heavy atom. The van der Waals surface area contributed by atoms with E-state index in [1.807, 2.05) is 27.7 Å². The van der Waals surface area contributed by atoms with Crippen LogP contribution in [0.5, 0.6) is 5.75 Å². The molecule has 2 heterocycles. The first-order valence-corrected chi connectivity index (χ1v) is 14.4. The first kappa shape index (κ1) is 36.7. The van der Waals surface area contributed by atoms with Crippen LogP contribution in [0.15, 0.2) is 61.1 Å². The minimum atomic E-state index is -4.62. The number of H-pyrrole nitrogens is 1. The summed E-state index contributed by atoms with van der Waals surface area (Å²) >= 11 is 0. The van der Waals surface area contributed by atoms with Crippen molar-refractivity contribution in [3.05, 3.63) is 78.0 Å². The molecule has 4 aromatic rings. The van der Waals surface area contributed by atoms with Crippen LogP contribution < -0.4 is 20.5 Å². The molecule has 0 saturated heterocycles. The van der Waals surface area contributed by atoms with E-state index >= 15 is 0 Å². The monoisotopic (exact) mass is 625 g/mol. The fourth-order valence-corrected chi connectivity index (χ4v) is 3.98. The smallest absolute Gasteiger partial charge is 0.402 e. The van der Waals surface area contributed by atoms with Gasteiger partial charge in [0, 0.05) is 29.7 Å². The highest BCUT2D eigenvalue weighted by molar-refractivity contribution is 7.86. The summed E-state index contributed by atoms with van der Waals surface area (Å²) in [6.07, 6.45) is 0.296. The summed E-state index contributed by atoms with van der Waals surface area (Å²) in [5.41, 5.74) is 5.91. The van der Waals surface area contributed by atoms with Crippen LogP contribution in [0.4, 0.5) is 34.9 Å². The van der Waals surface area contributed by atoms with Crippen molar-refractivity contribution in [2.75, 3.05) is 22.8 Å². The van der Waals surface area contributed by atoms with E-state index in [0.717, 1.165) is 0 Å². The Bertz CT molecular complexity index is 1400. The molecule has 0 aliphatic carbocycles. The average molecular weight is 626 g/mol. The molecule has 1 unspecified atom stereocenters.